The number of hydrogen-bond acceptors (Lipinski definition) is 0. The van der Waals surface area contributed by atoms with Crippen molar-refractivity contribution in [3.63, 3.8) is 0 Å². The summed E-state index contributed by atoms with van der Waals surface area (Å²) in [6, 6.07) is 33.0. The van der Waals surface area contributed by atoms with Gasteiger partial charge in [-0.05, 0) is 62.0 Å². The first-order valence-corrected chi connectivity index (χ1v) is 12.7. The fourth-order valence-corrected chi connectivity index (χ4v) is 3.97. The van der Waals surface area contributed by atoms with Crippen molar-refractivity contribution in [1.29, 1.82) is 0 Å². The van der Waals surface area contributed by atoms with E-state index in [1.54, 1.807) is 0 Å². The van der Waals surface area contributed by atoms with Crippen molar-refractivity contribution in [3.8, 4) is 11.1 Å². The van der Waals surface area contributed by atoms with E-state index < -0.39 is 0 Å². The van der Waals surface area contributed by atoms with E-state index in [0.29, 0.717) is 0 Å². The summed E-state index contributed by atoms with van der Waals surface area (Å²) < 4.78 is 0. The van der Waals surface area contributed by atoms with Crippen molar-refractivity contribution in [2.75, 3.05) is 0 Å². The van der Waals surface area contributed by atoms with E-state index in [9.17, 15) is 0 Å². The summed E-state index contributed by atoms with van der Waals surface area (Å²) in [5, 5.41) is 7.96. The van der Waals surface area contributed by atoms with Gasteiger partial charge in [0.05, 0.1) is 0 Å². The van der Waals surface area contributed by atoms with Crippen LogP contribution in [0.15, 0.2) is 91.0 Å². The third-order valence-electron chi connectivity index (χ3n) is 5.20. The van der Waals surface area contributed by atoms with Gasteiger partial charge in [-0.25, -0.2) is 0 Å². The minimum Gasteiger partial charge on any atom is -0.0683 e. The van der Waals surface area contributed by atoms with Crippen molar-refractivity contribution >= 4 is 32.3 Å². The normalized spacial score (nSPS) is 9.36. The van der Waals surface area contributed by atoms with Crippen LogP contribution in [0.5, 0.6) is 0 Å². The maximum absolute atomic E-state index is 2.35. The predicted molar refractivity (Wildman–Crippen MR) is 155 cm³/mol. The molecule has 0 atom stereocenters. The van der Waals surface area contributed by atoms with Crippen molar-refractivity contribution in [2.24, 2.45) is 0 Å². The molecule has 0 radical (unpaired) electrons. The fraction of sp³-hybridized carbons (Fsp3) is 0.273. The molecule has 0 N–H and O–H groups in total. The summed E-state index contributed by atoms with van der Waals surface area (Å²) in [5.74, 6) is 0. The van der Waals surface area contributed by atoms with Gasteiger partial charge in [-0.1, -0.05) is 140 Å². The standard InChI is InChI=1S/C25H18.4C2H6/c1-17-8-2-3-9-19(17)18-14-15-24-22-12-5-4-10-20(22)21-11-6-7-13-23(21)25(24)16-18;4*1-2/h2-16H,1H3;4*1-2H3. The van der Waals surface area contributed by atoms with E-state index in [2.05, 4.69) is 97.9 Å². The number of hydrogen-bond donors (Lipinski definition) is 0. The lowest BCUT2D eigenvalue weighted by Gasteiger charge is -2.12. The van der Waals surface area contributed by atoms with Gasteiger partial charge in [0.1, 0.15) is 0 Å². The van der Waals surface area contributed by atoms with E-state index in [-0.39, 0.29) is 0 Å². The molecule has 0 aromatic heterocycles. The summed E-state index contributed by atoms with van der Waals surface area (Å²) in [7, 11) is 0. The second kappa shape index (κ2) is 14.9. The van der Waals surface area contributed by atoms with E-state index in [0.717, 1.165) is 0 Å². The van der Waals surface area contributed by atoms with Gasteiger partial charge in [0.2, 0.25) is 0 Å². The number of benzene rings is 5. The fourth-order valence-electron chi connectivity index (χ4n) is 3.97. The minimum atomic E-state index is 1.28. The Kier molecular flexibility index (Phi) is 12.6. The van der Waals surface area contributed by atoms with Gasteiger partial charge in [0.25, 0.3) is 0 Å². The molecule has 0 aliphatic rings. The van der Waals surface area contributed by atoms with Crippen molar-refractivity contribution in [1.82, 2.24) is 0 Å². The molecule has 0 saturated heterocycles. The molecule has 0 nitrogen and oxygen atoms in total. The van der Waals surface area contributed by atoms with Gasteiger partial charge in [0.15, 0.2) is 0 Å². The Balaban J connectivity index is 0.000000619. The summed E-state index contributed by atoms with van der Waals surface area (Å²) >= 11 is 0. The second-order valence-corrected chi connectivity index (χ2v) is 6.67. The molecule has 0 bridgehead atoms. The van der Waals surface area contributed by atoms with Crippen LogP contribution in [-0.2, 0) is 0 Å². The first-order chi connectivity index (χ1) is 16.3. The second-order valence-electron chi connectivity index (χ2n) is 6.67. The molecule has 0 fully saturated rings. The molecule has 0 aliphatic heterocycles. The Morgan fingerprint density at radius 2 is 0.727 bits per heavy atom. The Labute approximate surface area is 202 Å². The maximum Gasteiger partial charge on any atom is -0.00928 e. The summed E-state index contributed by atoms with van der Waals surface area (Å²) in [5.41, 5.74) is 3.90. The highest BCUT2D eigenvalue weighted by Gasteiger charge is 2.09. The van der Waals surface area contributed by atoms with Crippen LogP contribution in [0.25, 0.3) is 43.4 Å². The summed E-state index contributed by atoms with van der Waals surface area (Å²) in [4.78, 5) is 0. The van der Waals surface area contributed by atoms with Crippen LogP contribution in [0.3, 0.4) is 0 Å². The van der Waals surface area contributed by atoms with Crippen LogP contribution < -0.4 is 0 Å². The molecular formula is C33H42. The smallest absolute Gasteiger partial charge is 0.00928 e. The molecule has 0 amide bonds. The molecule has 0 heterocycles. The quantitative estimate of drug-likeness (QED) is 0.228. The lowest BCUT2D eigenvalue weighted by Crippen LogP contribution is -1.86. The van der Waals surface area contributed by atoms with Crippen LogP contribution in [0.4, 0.5) is 0 Å². The third kappa shape index (κ3) is 6.02. The average Bonchev–Trinajstić information content (AvgIpc) is 2.93. The SMILES string of the molecule is CC.CC.CC.CC.Cc1ccccc1-c1ccc2c3ccccc3c3ccccc3c2c1. The molecule has 5 aromatic carbocycles. The van der Waals surface area contributed by atoms with E-state index >= 15 is 0 Å². The monoisotopic (exact) mass is 438 g/mol. The lowest BCUT2D eigenvalue weighted by atomic mass is 9.91. The zero-order valence-electron chi connectivity index (χ0n) is 22.2. The van der Waals surface area contributed by atoms with Gasteiger partial charge in [-0.3, -0.25) is 0 Å². The third-order valence-corrected chi connectivity index (χ3v) is 5.20. The lowest BCUT2D eigenvalue weighted by molar-refractivity contribution is 1.46. The highest BCUT2D eigenvalue weighted by atomic mass is 14.1. The number of fused-ring (bicyclic) bond motifs is 6. The largest absolute Gasteiger partial charge is 0.0683 e. The van der Waals surface area contributed by atoms with Crippen LogP contribution >= 0.6 is 0 Å². The molecule has 0 unspecified atom stereocenters. The van der Waals surface area contributed by atoms with Crippen LogP contribution in [0, 0.1) is 6.92 Å². The highest BCUT2D eigenvalue weighted by molar-refractivity contribution is 6.25. The molecule has 174 valence electrons. The van der Waals surface area contributed by atoms with E-state index in [1.165, 1.54) is 49.0 Å². The molecule has 5 rings (SSSR count). The Morgan fingerprint density at radius 3 is 1.18 bits per heavy atom. The predicted octanol–water partition coefficient (Wildman–Crippen LogP) is 11.2. The highest BCUT2D eigenvalue weighted by Crippen LogP contribution is 2.37. The summed E-state index contributed by atoms with van der Waals surface area (Å²) in [6.45, 7) is 18.2. The number of aryl methyl sites for hydroxylation is 1. The Hall–Kier alpha value is -3.12. The van der Waals surface area contributed by atoms with Gasteiger partial charge in [-0.2, -0.15) is 0 Å². The van der Waals surface area contributed by atoms with Crippen LogP contribution in [0.2, 0.25) is 0 Å². The van der Waals surface area contributed by atoms with Gasteiger partial charge in [0, 0.05) is 0 Å². The summed E-state index contributed by atoms with van der Waals surface area (Å²) in [6.07, 6.45) is 0. The zero-order chi connectivity index (χ0) is 24.8. The average molecular weight is 439 g/mol. The van der Waals surface area contributed by atoms with Crippen molar-refractivity contribution in [2.45, 2.75) is 62.3 Å². The van der Waals surface area contributed by atoms with Crippen molar-refractivity contribution < 1.29 is 0 Å². The number of rotatable bonds is 1. The van der Waals surface area contributed by atoms with E-state index in [4.69, 9.17) is 0 Å². The molecular weight excluding hydrogens is 396 g/mol. The molecule has 0 aliphatic carbocycles. The zero-order valence-corrected chi connectivity index (χ0v) is 22.2. The van der Waals surface area contributed by atoms with Gasteiger partial charge in [-0.15, -0.1) is 0 Å². The first-order valence-electron chi connectivity index (χ1n) is 12.7. The Bertz CT molecular complexity index is 1210. The van der Waals surface area contributed by atoms with Gasteiger partial charge >= 0.3 is 0 Å². The maximum atomic E-state index is 2.35. The topological polar surface area (TPSA) is 0 Å². The molecule has 5 aromatic rings. The first kappa shape index (κ1) is 27.9. The Morgan fingerprint density at radius 1 is 0.364 bits per heavy atom. The van der Waals surface area contributed by atoms with Gasteiger partial charge < -0.3 is 0 Å². The molecule has 0 spiro atoms. The molecule has 33 heavy (non-hydrogen) atoms. The molecule has 0 saturated carbocycles. The molecule has 0 heteroatoms. The minimum absolute atomic E-state index is 1.28. The van der Waals surface area contributed by atoms with Crippen LogP contribution in [0.1, 0.15) is 61.0 Å². The van der Waals surface area contributed by atoms with E-state index in [1.807, 2.05) is 55.4 Å². The van der Waals surface area contributed by atoms with Crippen LogP contribution in [-0.4, -0.2) is 0 Å². The van der Waals surface area contributed by atoms with Crippen molar-refractivity contribution in [3.05, 3.63) is 96.6 Å².